The molecule has 0 aliphatic carbocycles. The van der Waals surface area contributed by atoms with Crippen molar-refractivity contribution in [3.05, 3.63) is 45.6 Å². The summed E-state index contributed by atoms with van der Waals surface area (Å²) in [4.78, 5) is 8.35. The van der Waals surface area contributed by atoms with Crippen LogP contribution in [0.2, 0.25) is 0 Å². The van der Waals surface area contributed by atoms with Crippen LogP contribution in [0, 0.1) is 0 Å². The Bertz CT molecular complexity index is 781. The zero-order valence-corrected chi connectivity index (χ0v) is 19.8. The molecule has 0 spiro atoms. The summed E-state index contributed by atoms with van der Waals surface area (Å²) in [6.45, 7) is 4.73. The molecule has 0 fully saturated rings. The summed E-state index contributed by atoms with van der Waals surface area (Å²) in [6.07, 6.45) is 1.17. The maximum absolute atomic E-state index is 5.36. The molecular weight excluding hydrogens is 487 g/mol. The van der Waals surface area contributed by atoms with E-state index in [0.29, 0.717) is 6.54 Å². The van der Waals surface area contributed by atoms with Crippen molar-refractivity contribution < 1.29 is 9.47 Å². The number of nitrogens with zero attached hydrogens (tertiary/aromatic N) is 2. The third-order valence-corrected chi connectivity index (χ3v) is 5.76. The zero-order valence-electron chi connectivity index (χ0n) is 16.7. The van der Waals surface area contributed by atoms with Gasteiger partial charge in [0, 0.05) is 44.6 Å². The molecule has 2 N–H and O–H groups in total. The van der Waals surface area contributed by atoms with Crippen LogP contribution in [0.5, 0.6) is 11.5 Å². The zero-order chi connectivity index (χ0) is 19.1. The van der Waals surface area contributed by atoms with Crippen molar-refractivity contribution in [1.29, 1.82) is 0 Å². The minimum Gasteiger partial charge on any atom is -0.493 e. The molecule has 28 heavy (non-hydrogen) atoms. The molecule has 1 aromatic heterocycles. The molecule has 1 aliphatic rings. The van der Waals surface area contributed by atoms with Crippen molar-refractivity contribution in [1.82, 2.24) is 15.5 Å². The van der Waals surface area contributed by atoms with E-state index in [0.717, 1.165) is 49.2 Å². The fraction of sp³-hybridized carbons (Fsp3) is 0.450. The molecule has 6 nitrogen and oxygen atoms in total. The van der Waals surface area contributed by atoms with E-state index in [4.69, 9.17) is 9.47 Å². The number of thiophene rings is 1. The minimum absolute atomic E-state index is 0. The number of guanidine groups is 1. The third kappa shape index (κ3) is 5.99. The number of benzene rings is 1. The molecule has 0 atom stereocenters. The second-order valence-electron chi connectivity index (χ2n) is 6.44. The van der Waals surface area contributed by atoms with Crippen LogP contribution in [0.4, 0.5) is 0 Å². The first-order valence-corrected chi connectivity index (χ1v) is 10.0. The monoisotopic (exact) mass is 516 g/mol. The predicted molar refractivity (Wildman–Crippen MR) is 126 cm³/mol. The van der Waals surface area contributed by atoms with E-state index < -0.39 is 0 Å². The SMILES string of the molecule is CN=C(NCCN1CCc2sccc2C1)NCc1ccc(OC)c(OC)c1.I. The molecule has 0 saturated carbocycles. The van der Waals surface area contributed by atoms with Gasteiger partial charge in [-0.05, 0) is 41.1 Å². The quantitative estimate of drug-likeness (QED) is 0.337. The molecule has 0 amide bonds. The van der Waals surface area contributed by atoms with Gasteiger partial charge < -0.3 is 20.1 Å². The van der Waals surface area contributed by atoms with Gasteiger partial charge in [-0.2, -0.15) is 0 Å². The van der Waals surface area contributed by atoms with Crippen LogP contribution in [0.25, 0.3) is 0 Å². The van der Waals surface area contributed by atoms with Crippen LogP contribution >= 0.6 is 35.3 Å². The molecule has 2 aromatic rings. The summed E-state index contributed by atoms with van der Waals surface area (Å²) >= 11 is 1.88. The average Bonchev–Trinajstić information content (AvgIpc) is 3.18. The number of rotatable bonds is 7. The van der Waals surface area contributed by atoms with Crippen molar-refractivity contribution in [2.45, 2.75) is 19.5 Å². The maximum atomic E-state index is 5.36. The molecule has 8 heteroatoms. The first kappa shape index (κ1) is 22.8. The Balaban J connectivity index is 0.00000280. The van der Waals surface area contributed by atoms with Gasteiger partial charge in [0.05, 0.1) is 14.2 Å². The molecule has 0 bridgehead atoms. The van der Waals surface area contributed by atoms with Gasteiger partial charge >= 0.3 is 0 Å². The van der Waals surface area contributed by atoms with E-state index in [9.17, 15) is 0 Å². The maximum Gasteiger partial charge on any atom is 0.191 e. The van der Waals surface area contributed by atoms with E-state index in [1.807, 2.05) is 29.5 Å². The van der Waals surface area contributed by atoms with E-state index in [-0.39, 0.29) is 24.0 Å². The van der Waals surface area contributed by atoms with Crippen LogP contribution < -0.4 is 20.1 Å². The van der Waals surface area contributed by atoms with E-state index >= 15 is 0 Å². The number of fused-ring (bicyclic) bond motifs is 1. The molecule has 0 radical (unpaired) electrons. The number of aliphatic imine (C=N–C) groups is 1. The van der Waals surface area contributed by atoms with E-state index in [1.54, 1.807) is 26.1 Å². The summed E-state index contributed by atoms with van der Waals surface area (Å²) in [5.74, 6) is 2.27. The summed E-state index contributed by atoms with van der Waals surface area (Å²) in [5.41, 5.74) is 2.60. The number of hydrogen-bond acceptors (Lipinski definition) is 5. The molecule has 3 rings (SSSR count). The summed E-state index contributed by atoms with van der Waals surface area (Å²) < 4.78 is 10.6. The van der Waals surface area contributed by atoms with Gasteiger partial charge in [-0.15, -0.1) is 35.3 Å². The first-order chi connectivity index (χ1) is 13.2. The van der Waals surface area contributed by atoms with Crippen molar-refractivity contribution in [3.63, 3.8) is 0 Å². The smallest absolute Gasteiger partial charge is 0.191 e. The third-order valence-electron chi connectivity index (χ3n) is 4.74. The predicted octanol–water partition coefficient (Wildman–Crippen LogP) is 3.11. The number of halogens is 1. The highest BCUT2D eigenvalue weighted by molar-refractivity contribution is 14.0. The lowest BCUT2D eigenvalue weighted by molar-refractivity contribution is 0.260. The van der Waals surface area contributed by atoms with Gasteiger partial charge in [0.1, 0.15) is 0 Å². The lowest BCUT2D eigenvalue weighted by Crippen LogP contribution is -2.42. The molecule has 154 valence electrons. The minimum atomic E-state index is 0. The van der Waals surface area contributed by atoms with Gasteiger partial charge in [-0.3, -0.25) is 9.89 Å². The number of nitrogens with one attached hydrogen (secondary N) is 2. The Labute approximate surface area is 188 Å². The highest BCUT2D eigenvalue weighted by Crippen LogP contribution is 2.27. The average molecular weight is 516 g/mol. The highest BCUT2D eigenvalue weighted by atomic mass is 127. The second-order valence-corrected chi connectivity index (χ2v) is 7.44. The number of ether oxygens (including phenoxy) is 2. The second kappa shape index (κ2) is 11.5. The molecule has 2 heterocycles. The fourth-order valence-corrected chi connectivity index (χ4v) is 4.12. The van der Waals surface area contributed by atoms with Crippen LogP contribution in [0.3, 0.4) is 0 Å². The van der Waals surface area contributed by atoms with Crippen LogP contribution in [0.15, 0.2) is 34.6 Å². The van der Waals surface area contributed by atoms with E-state index in [1.165, 1.54) is 12.0 Å². The molecule has 1 aromatic carbocycles. The lowest BCUT2D eigenvalue weighted by atomic mass is 10.1. The van der Waals surface area contributed by atoms with Gasteiger partial charge in [0.2, 0.25) is 0 Å². The van der Waals surface area contributed by atoms with E-state index in [2.05, 4.69) is 32.0 Å². The Morgan fingerprint density at radius 3 is 2.75 bits per heavy atom. The summed E-state index contributed by atoms with van der Waals surface area (Å²) in [7, 11) is 5.08. The Morgan fingerprint density at radius 2 is 2.00 bits per heavy atom. The fourth-order valence-electron chi connectivity index (χ4n) is 3.23. The van der Waals surface area contributed by atoms with Crippen molar-refractivity contribution in [2.24, 2.45) is 4.99 Å². The van der Waals surface area contributed by atoms with Crippen LogP contribution in [0.1, 0.15) is 16.0 Å². The van der Waals surface area contributed by atoms with Crippen molar-refractivity contribution in [2.75, 3.05) is 40.9 Å². The highest BCUT2D eigenvalue weighted by Gasteiger charge is 2.16. The number of methoxy groups -OCH3 is 2. The van der Waals surface area contributed by atoms with Crippen molar-refractivity contribution in [3.8, 4) is 11.5 Å². The Morgan fingerprint density at radius 1 is 1.18 bits per heavy atom. The Kier molecular flexibility index (Phi) is 9.33. The Hall–Kier alpha value is -1.52. The first-order valence-electron chi connectivity index (χ1n) is 9.16. The molecule has 0 unspecified atom stereocenters. The van der Waals surface area contributed by atoms with Crippen LogP contribution in [-0.2, 0) is 19.5 Å². The normalized spacial score (nSPS) is 14.0. The topological polar surface area (TPSA) is 58.1 Å². The summed E-state index contributed by atoms with van der Waals surface area (Å²) in [5, 5.41) is 8.95. The van der Waals surface area contributed by atoms with Crippen molar-refractivity contribution >= 4 is 41.3 Å². The lowest BCUT2D eigenvalue weighted by Gasteiger charge is -2.27. The van der Waals surface area contributed by atoms with Gasteiger partial charge in [0.25, 0.3) is 0 Å². The molecule has 1 aliphatic heterocycles. The van der Waals surface area contributed by atoms with Gasteiger partial charge in [-0.1, -0.05) is 6.07 Å². The molecule has 0 saturated heterocycles. The van der Waals surface area contributed by atoms with Crippen LogP contribution in [-0.4, -0.2) is 51.8 Å². The van der Waals surface area contributed by atoms with Gasteiger partial charge in [0.15, 0.2) is 17.5 Å². The summed E-state index contributed by atoms with van der Waals surface area (Å²) in [6, 6.07) is 8.17. The van der Waals surface area contributed by atoms with Gasteiger partial charge in [-0.25, -0.2) is 0 Å². The standard InChI is InChI=1S/C20H28N4O2S.HI/c1-21-20(23-13-15-4-5-17(25-2)18(12-15)26-3)22-8-10-24-9-6-19-16(14-24)7-11-27-19;/h4-5,7,11-12H,6,8-10,13-14H2,1-3H3,(H2,21,22,23);1H. The molecular formula is C20H29IN4O2S. The number of hydrogen-bond donors (Lipinski definition) is 2. The largest absolute Gasteiger partial charge is 0.493 e.